The van der Waals surface area contributed by atoms with Gasteiger partial charge >= 0.3 is 6.18 Å². The van der Waals surface area contributed by atoms with Crippen LogP contribution in [0, 0.1) is 0 Å². The van der Waals surface area contributed by atoms with Gasteiger partial charge in [-0.05, 0) is 31.5 Å². The van der Waals surface area contributed by atoms with E-state index in [4.69, 9.17) is 4.66 Å². The number of hydrogen-bond donors (Lipinski definition) is 2. The molecule has 0 amide bonds. The average molecular weight is 320 g/mol. The van der Waals surface area contributed by atoms with Crippen molar-refractivity contribution in [2.45, 2.75) is 32.5 Å². The first-order valence-corrected chi connectivity index (χ1v) is 5.83. The normalized spacial score (nSPS) is 11.9. The molecule has 0 spiro atoms. The first kappa shape index (κ1) is 20.8. The van der Waals surface area contributed by atoms with Crippen molar-refractivity contribution in [2.24, 2.45) is 0 Å². The monoisotopic (exact) mass is 319 g/mol. The zero-order valence-electron chi connectivity index (χ0n) is 10.7. The fourth-order valence-corrected chi connectivity index (χ4v) is 1.65. The van der Waals surface area contributed by atoms with E-state index in [9.17, 15) is 13.2 Å². The van der Waals surface area contributed by atoms with Gasteiger partial charge in [-0.2, -0.15) is 13.2 Å². The van der Waals surface area contributed by atoms with Crippen LogP contribution in [0.2, 0.25) is 0 Å². The molecule has 0 aliphatic carbocycles. The lowest BCUT2D eigenvalue weighted by molar-refractivity contribution is -0.137. The van der Waals surface area contributed by atoms with E-state index in [-0.39, 0.29) is 18.4 Å². The molecule has 0 aliphatic heterocycles. The largest absolute Gasteiger partial charge is 0.416 e. The topological polar surface area (TPSA) is 32.3 Å². The third kappa shape index (κ3) is 8.31. The Kier molecular flexibility index (Phi) is 11.3. The third-order valence-electron chi connectivity index (χ3n) is 2.35. The molecule has 0 radical (unpaired) electrons. The Hall–Kier alpha value is -0.490. The predicted octanol–water partition coefficient (Wildman–Crippen LogP) is 3.80. The molecule has 1 aromatic carbocycles. The molecule has 0 bridgehead atoms. The first-order chi connectivity index (χ1) is 8.43. The second kappa shape index (κ2) is 10.3. The van der Waals surface area contributed by atoms with E-state index in [1.165, 1.54) is 12.1 Å². The summed E-state index contributed by atoms with van der Waals surface area (Å²) in [6.07, 6.45) is -3.64. The van der Waals surface area contributed by atoms with Gasteiger partial charge in [-0.1, -0.05) is 25.1 Å². The summed E-state index contributed by atoms with van der Waals surface area (Å²) in [7, 11) is 0. The van der Waals surface area contributed by atoms with Crippen molar-refractivity contribution < 1.29 is 17.8 Å². The highest BCUT2D eigenvalue weighted by atomic mass is 35.5. The van der Waals surface area contributed by atoms with Crippen molar-refractivity contribution in [2.75, 3.05) is 6.54 Å². The van der Waals surface area contributed by atoms with Crippen LogP contribution in [0.4, 0.5) is 13.2 Å². The molecular formula is C12H18Cl2F3NO. The van der Waals surface area contributed by atoms with Gasteiger partial charge in [0.15, 0.2) is 0 Å². The molecule has 0 saturated heterocycles. The van der Waals surface area contributed by atoms with Crippen molar-refractivity contribution >= 4 is 24.3 Å². The SMILES string of the molecule is CCNC(C)Cc1cccc(C(F)(F)F)c1.Cl.OCl. The van der Waals surface area contributed by atoms with E-state index in [1.807, 2.05) is 13.8 Å². The van der Waals surface area contributed by atoms with E-state index in [0.717, 1.165) is 12.6 Å². The fraction of sp³-hybridized carbons (Fsp3) is 0.500. The third-order valence-corrected chi connectivity index (χ3v) is 2.35. The van der Waals surface area contributed by atoms with Crippen LogP contribution in [0.25, 0.3) is 0 Å². The number of alkyl halides is 3. The van der Waals surface area contributed by atoms with Gasteiger partial charge in [0, 0.05) is 6.04 Å². The maximum absolute atomic E-state index is 12.4. The Morgan fingerprint density at radius 2 is 1.89 bits per heavy atom. The molecule has 0 heterocycles. The number of likely N-dealkylation sites (N-methyl/N-ethyl adjacent to an activating group) is 1. The zero-order chi connectivity index (χ0) is 14.2. The average Bonchev–Trinajstić information content (AvgIpc) is 2.31. The van der Waals surface area contributed by atoms with Crippen LogP contribution in [0.3, 0.4) is 0 Å². The van der Waals surface area contributed by atoms with Gasteiger partial charge in [0.05, 0.1) is 17.4 Å². The molecule has 0 aliphatic rings. The summed E-state index contributed by atoms with van der Waals surface area (Å²) in [6, 6.07) is 5.68. The Bertz CT molecular complexity index is 348. The highest BCUT2D eigenvalue weighted by Gasteiger charge is 2.30. The van der Waals surface area contributed by atoms with Gasteiger partial charge in [-0.25, -0.2) is 0 Å². The van der Waals surface area contributed by atoms with Gasteiger partial charge in [0.1, 0.15) is 0 Å². The summed E-state index contributed by atoms with van der Waals surface area (Å²) >= 11 is 3.64. The van der Waals surface area contributed by atoms with Crippen LogP contribution in [-0.2, 0) is 12.6 Å². The molecular weight excluding hydrogens is 302 g/mol. The fourth-order valence-electron chi connectivity index (χ4n) is 1.65. The van der Waals surface area contributed by atoms with Crippen LogP contribution >= 0.6 is 24.3 Å². The number of nitrogens with one attached hydrogen (secondary N) is 1. The van der Waals surface area contributed by atoms with Crippen molar-refractivity contribution in [1.29, 1.82) is 0 Å². The molecule has 2 N–H and O–H groups in total. The summed E-state index contributed by atoms with van der Waals surface area (Å²) in [5.41, 5.74) is 0.136. The second-order valence-electron chi connectivity index (χ2n) is 3.86. The molecule has 0 aromatic heterocycles. The van der Waals surface area contributed by atoms with E-state index >= 15 is 0 Å². The summed E-state index contributed by atoms with van der Waals surface area (Å²) in [5.74, 6) is 0. The lowest BCUT2D eigenvalue weighted by atomic mass is 10.0. The van der Waals surface area contributed by atoms with Gasteiger partial charge < -0.3 is 5.32 Å². The van der Waals surface area contributed by atoms with Gasteiger partial charge in [-0.3, -0.25) is 4.66 Å². The lowest BCUT2D eigenvalue weighted by Gasteiger charge is -2.13. The number of halogens is 5. The zero-order valence-corrected chi connectivity index (χ0v) is 12.2. The minimum Gasteiger partial charge on any atom is -0.314 e. The molecule has 1 atom stereocenters. The predicted molar refractivity (Wildman–Crippen MR) is 73.6 cm³/mol. The Labute approximate surface area is 122 Å². The van der Waals surface area contributed by atoms with Gasteiger partial charge in [0.2, 0.25) is 0 Å². The Balaban J connectivity index is 0. The number of benzene rings is 1. The minimum absolute atomic E-state index is 0. The van der Waals surface area contributed by atoms with Crippen LogP contribution in [-0.4, -0.2) is 17.2 Å². The van der Waals surface area contributed by atoms with Crippen molar-refractivity contribution in [3.63, 3.8) is 0 Å². The van der Waals surface area contributed by atoms with Crippen molar-refractivity contribution in [1.82, 2.24) is 5.32 Å². The highest BCUT2D eigenvalue weighted by molar-refractivity contribution is 6.04. The van der Waals surface area contributed by atoms with E-state index in [2.05, 4.69) is 17.2 Å². The van der Waals surface area contributed by atoms with E-state index in [1.54, 1.807) is 6.07 Å². The maximum Gasteiger partial charge on any atom is 0.416 e. The quantitative estimate of drug-likeness (QED) is 0.884. The molecule has 19 heavy (non-hydrogen) atoms. The first-order valence-electron chi connectivity index (χ1n) is 5.50. The molecule has 1 aromatic rings. The summed E-state index contributed by atoms with van der Waals surface area (Å²) in [4.78, 5) is 0. The van der Waals surface area contributed by atoms with Gasteiger partial charge in [0.25, 0.3) is 0 Å². The highest BCUT2D eigenvalue weighted by Crippen LogP contribution is 2.29. The standard InChI is InChI=1S/C12H16F3N.ClHO.ClH/c1-3-16-9(2)7-10-5-4-6-11(8-10)12(13,14)15;1-2;/h4-6,8-9,16H,3,7H2,1-2H3;2H;1H. The molecule has 1 unspecified atom stereocenters. The summed E-state index contributed by atoms with van der Waals surface area (Å²) < 4.78 is 43.8. The smallest absolute Gasteiger partial charge is 0.314 e. The molecule has 7 heteroatoms. The van der Waals surface area contributed by atoms with Crippen LogP contribution in [0.15, 0.2) is 24.3 Å². The minimum atomic E-state index is -4.25. The van der Waals surface area contributed by atoms with Crippen LogP contribution < -0.4 is 5.32 Å². The van der Waals surface area contributed by atoms with Crippen LogP contribution in [0.5, 0.6) is 0 Å². The molecule has 0 fully saturated rings. The molecule has 112 valence electrons. The number of rotatable bonds is 4. The van der Waals surface area contributed by atoms with E-state index in [0.29, 0.717) is 12.0 Å². The Morgan fingerprint density at radius 1 is 1.32 bits per heavy atom. The molecule has 2 nitrogen and oxygen atoms in total. The van der Waals surface area contributed by atoms with Crippen molar-refractivity contribution in [3.8, 4) is 0 Å². The van der Waals surface area contributed by atoms with Crippen molar-refractivity contribution in [3.05, 3.63) is 35.4 Å². The lowest BCUT2D eigenvalue weighted by Crippen LogP contribution is -2.27. The molecule has 0 saturated carbocycles. The number of hydrogen-bond acceptors (Lipinski definition) is 2. The van der Waals surface area contributed by atoms with Gasteiger partial charge in [-0.15, -0.1) is 12.4 Å². The maximum atomic E-state index is 12.4. The van der Waals surface area contributed by atoms with E-state index < -0.39 is 11.7 Å². The summed E-state index contributed by atoms with van der Waals surface area (Å²) in [6.45, 7) is 4.76. The Morgan fingerprint density at radius 3 is 2.37 bits per heavy atom. The molecule has 1 rings (SSSR count). The second-order valence-corrected chi connectivity index (χ2v) is 3.86. The van der Waals surface area contributed by atoms with Crippen LogP contribution in [0.1, 0.15) is 25.0 Å². The summed E-state index contributed by atoms with van der Waals surface area (Å²) in [5, 5.41) is 3.17.